The van der Waals surface area contributed by atoms with Crippen LogP contribution in [0.5, 0.6) is 0 Å². The first-order chi connectivity index (χ1) is 11.7. The first-order valence-corrected chi connectivity index (χ1v) is 8.40. The topological polar surface area (TPSA) is 55.2 Å². The Bertz CT molecular complexity index is 724. The molecule has 0 saturated carbocycles. The monoisotopic (exact) mass is 321 g/mol. The minimum absolute atomic E-state index is 0.568. The third-order valence-corrected chi connectivity index (χ3v) is 4.52. The third-order valence-electron chi connectivity index (χ3n) is 4.52. The van der Waals surface area contributed by atoms with Gasteiger partial charge in [-0.15, -0.1) is 0 Å². The summed E-state index contributed by atoms with van der Waals surface area (Å²) in [5.41, 5.74) is 4.15. The molecule has 5 heteroatoms. The Kier molecular flexibility index (Phi) is 4.97. The van der Waals surface area contributed by atoms with Gasteiger partial charge >= 0.3 is 0 Å². The summed E-state index contributed by atoms with van der Waals surface area (Å²) in [6.07, 6.45) is 1.58. The van der Waals surface area contributed by atoms with Crippen molar-refractivity contribution in [2.24, 2.45) is 0 Å². The molecule has 1 aromatic heterocycles. The highest BCUT2D eigenvalue weighted by molar-refractivity contribution is 5.64. The molecule has 2 heterocycles. The van der Waals surface area contributed by atoms with E-state index >= 15 is 0 Å². The molecular formula is C19H23N5. The lowest BCUT2D eigenvalue weighted by Crippen LogP contribution is -2.46. The molecule has 0 amide bonds. The van der Waals surface area contributed by atoms with E-state index in [1.54, 1.807) is 12.3 Å². The first-order valence-electron chi connectivity index (χ1n) is 8.40. The van der Waals surface area contributed by atoms with E-state index in [0.29, 0.717) is 5.56 Å². The van der Waals surface area contributed by atoms with Crippen LogP contribution >= 0.6 is 0 Å². The maximum absolute atomic E-state index is 8.82. The SMILES string of the molecule is CCN1CCN(c2ccc(Nc3ccc(C#N)cn3)cc2C)CC1. The summed E-state index contributed by atoms with van der Waals surface area (Å²) in [6, 6.07) is 12.1. The van der Waals surface area contributed by atoms with Gasteiger partial charge in [0.25, 0.3) is 0 Å². The average molecular weight is 321 g/mol. The molecule has 0 bridgehead atoms. The number of likely N-dealkylation sites (N-methyl/N-ethyl adjacent to an activating group) is 1. The van der Waals surface area contributed by atoms with E-state index in [0.717, 1.165) is 44.2 Å². The molecule has 0 radical (unpaired) electrons. The summed E-state index contributed by atoms with van der Waals surface area (Å²) in [5.74, 6) is 0.748. The molecule has 1 aliphatic heterocycles. The van der Waals surface area contributed by atoms with Gasteiger partial charge in [0.1, 0.15) is 11.9 Å². The molecule has 124 valence electrons. The van der Waals surface area contributed by atoms with Crippen LogP contribution in [0.25, 0.3) is 0 Å². The van der Waals surface area contributed by atoms with Crippen molar-refractivity contribution in [2.75, 3.05) is 42.9 Å². The highest BCUT2D eigenvalue weighted by atomic mass is 15.3. The van der Waals surface area contributed by atoms with E-state index in [1.807, 2.05) is 6.07 Å². The van der Waals surface area contributed by atoms with E-state index in [1.165, 1.54) is 11.3 Å². The highest BCUT2D eigenvalue weighted by Gasteiger charge is 2.17. The molecule has 0 spiro atoms. The fourth-order valence-electron chi connectivity index (χ4n) is 3.07. The van der Waals surface area contributed by atoms with Gasteiger partial charge in [-0.1, -0.05) is 6.92 Å². The van der Waals surface area contributed by atoms with Gasteiger partial charge in [-0.05, 0) is 49.4 Å². The van der Waals surface area contributed by atoms with Gasteiger partial charge in [-0.2, -0.15) is 5.26 Å². The molecule has 5 nitrogen and oxygen atoms in total. The zero-order chi connectivity index (χ0) is 16.9. The van der Waals surface area contributed by atoms with Crippen LogP contribution in [0.2, 0.25) is 0 Å². The Balaban J connectivity index is 1.69. The second-order valence-corrected chi connectivity index (χ2v) is 6.09. The molecule has 24 heavy (non-hydrogen) atoms. The van der Waals surface area contributed by atoms with Crippen molar-refractivity contribution in [3.05, 3.63) is 47.7 Å². The van der Waals surface area contributed by atoms with Gasteiger partial charge in [0.15, 0.2) is 0 Å². The molecule has 1 aliphatic rings. The smallest absolute Gasteiger partial charge is 0.130 e. The molecule has 3 rings (SSSR count). The van der Waals surface area contributed by atoms with Crippen LogP contribution in [0.3, 0.4) is 0 Å². The minimum atomic E-state index is 0.568. The number of aromatic nitrogens is 1. The number of nitrogens with zero attached hydrogens (tertiary/aromatic N) is 4. The molecule has 0 aliphatic carbocycles. The highest BCUT2D eigenvalue weighted by Crippen LogP contribution is 2.26. The normalized spacial score (nSPS) is 15.1. The Hall–Kier alpha value is -2.58. The van der Waals surface area contributed by atoms with E-state index in [-0.39, 0.29) is 0 Å². The second-order valence-electron chi connectivity index (χ2n) is 6.09. The molecule has 1 aromatic carbocycles. The summed E-state index contributed by atoms with van der Waals surface area (Å²) >= 11 is 0. The Morgan fingerprint density at radius 2 is 1.96 bits per heavy atom. The van der Waals surface area contributed by atoms with Crippen molar-refractivity contribution in [2.45, 2.75) is 13.8 Å². The van der Waals surface area contributed by atoms with Crippen LogP contribution < -0.4 is 10.2 Å². The van der Waals surface area contributed by atoms with Crippen LogP contribution in [-0.2, 0) is 0 Å². The summed E-state index contributed by atoms with van der Waals surface area (Å²) in [5, 5.41) is 12.1. The number of aryl methyl sites for hydroxylation is 1. The molecule has 0 unspecified atom stereocenters. The van der Waals surface area contributed by atoms with Crippen molar-refractivity contribution < 1.29 is 0 Å². The third kappa shape index (κ3) is 3.66. The molecule has 1 saturated heterocycles. The number of nitrogens with one attached hydrogen (secondary N) is 1. The number of anilines is 3. The number of rotatable bonds is 4. The van der Waals surface area contributed by atoms with Crippen molar-refractivity contribution in [3.8, 4) is 6.07 Å². The second kappa shape index (κ2) is 7.33. The predicted molar refractivity (Wildman–Crippen MR) is 97.7 cm³/mol. The summed E-state index contributed by atoms with van der Waals surface area (Å²) < 4.78 is 0. The van der Waals surface area contributed by atoms with E-state index < -0.39 is 0 Å². The first kappa shape index (κ1) is 16.3. The van der Waals surface area contributed by atoms with E-state index in [4.69, 9.17) is 5.26 Å². The van der Waals surface area contributed by atoms with Crippen molar-refractivity contribution >= 4 is 17.2 Å². The molecule has 1 fully saturated rings. The predicted octanol–water partition coefficient (Wildman–Crippen LogP) is 3.15. The number of hydrogen-bond acceptors (Lipinski definition) is 5. The number of benzene rings is 1. The molecule has 2 aromatic rings. The largest absolute Gasteiger partial charge is 0.369 e. The lowest BCUT2D eigenvalue weighted by Gasteiger charge is -2.36. The van der Waals surface area contributed by atoms with Crippen LogP contribution in [0.1, 0.15) is 18.1 Å². The maximum Gasteiger partial charge on any atom is 0.130 e. The van der Waals surface area contributed by atoms with Gasteiger partial charge in [0.05, 0.1) is 5.56 Å². The summed E-state index contributed by atoms with van der Waals surface area (Å²) in [7, 11) is 0. The molecule has 1 N–H and O–H groups in total. The van der Waals surface area contributed by atoms with Crippen molar-refractivity contribution in [1.82, 2.24) is 9.88 Å². The number of piperazine rings is 1. The summed E-state index contributed by atoms with van der Waals surface area (Å²) in [4.78, 5) is 9.20. The van der Waals surface area contributed by atoms with Crippen LogP contribution in [0.15, 0.2) is 36.5 Å². The lowest BCUT2D eigenvalue weighted by atomic mass is 10.1. The Labute approximate surface area is 143 Å². The Morgan fingerprint density at radius 3 is 2.54 bits per heavy atom. The van der Waals surface area contributed by atoms with E-state index in [9.17, 15) is 0 Å². The summed E-state index contributed by atoms with van der Waals surface area (Å²) in [6.45, 7) is 9.93. The maximum atomic E-state index is 8.82. The van der Waals surface area contributed by atoms with Gasteiger partial charge in [-0.3, -0.25) is 0 Å². The quantitative estimate of drug-likeness (QED) is 0.937. The number of pyridine rings is 1. The van der Waals surface area contributed by atoms with Gasteiger partial charge in [0.2, 0.25) is 0 Å². The molecule has 0 atom stereocenters. The number of hydrogen-bond donors (Lipinski definition) is 1. The van der Waals surface area contributed by atoms with Crippen molar-refractivity contribution in [3.63, 3.8) is 0 Å². The fourth-order valence-corrected chi connectivity index (χ4v) is 3.07. The number of nitriles is 1. The minimum Gasteiger partial charge on any atom is -0.369 e. The van der Waals surface area contributed by atoms with Gasteiger partial charge in [0, 0.05) is 43.8 Å². The zero-order valence-electron chi connectivity index (χ0n) is 14.3. The lowest BCUT2D eigenvalue weighted by molar-refractivity contribution is 0.271. The standard InChI is InChI=1S/C19H23N5/c1-3-23-8-10-24(11-9-23)18-6-5-17(12-15(18)2)22-19-7-4-16(13-20)14-21-19/h4-7,12,14H,3,8-11H2,1-2H3,(H,21,22). The van der Waals surface area contributed by atoms with Crippen LogP contribution in [0.4, 0.5) is 17.2 Å². The fraction of sp³-hybridized carbons (Fsp3) is 0.368. The Morgan fingerprint density at radius 1 is 1.17 bits per heavy atom. The van der Waals surface area contributed by atoms with Crippen molar-refractivity contribution in [1.29, 1.82) is 5.26 Å². The molecular weight excluding hydrogens is 298 g/mol. The zero-order valence-corrected chi connectivity index (χ0v) is 14.3. The van der Waals surface area contributed by atoms with Gasteiger partial charge in [-0.25, -0.2) is 4.98 Å². The van der Waals surface area contributed by atoms with Gasteiger partial charge < -0.3 is 15.1 Å². The van der Waals surface area contributed by atoms with Crippen LogP contribution in [-0.4, -0.2) is 42.6 Å². The average Bonchev–Trinajstić information content (AvgIpc) is 2.63. The van der Waals surface area contributed by atoms with Crippen LogP contribution in [0, 0.1) is 18.3 Å². The van der Waals surface area contributed by atoms with E-state index in [2.05, 4.69) is 58.2 Å².